The highest BCUT2D eigenvalue weighted by molar-refractivity contribution is 6.31. The number of benzene rings is 1. The second-order valence-corrected chi connectivity index (χ2v) is 5.01. The molecular weight excluding hydrogens is 248 g/mol. The van der Waals surface area contributed by atoms with Crippen LogP contribution in [0.25, 0.3) is 0 Å². The van der Waals surface area contributed by atoms with Crippen molar-refractivity contribution in [1.82, 2.24) is 14.8 Å². The molecule has 0 saturated heterocycles. The van der Waals surface area contributed by atoms with E-state index in [0.29, 0.717) is 19.0 Å². The SMILES string of the molecule is NCc1nnc(Cc2ccccc2Cl)n1C1CC1. The molecule has 0 aliphatic heterocycles. The van der Waals surface area contributed by atoms with Gasteiger partial charge in [0.25, 0.3) is 0 Å². The van der Waals surface area contributed by atoms with E-state index in [1.165, 1.54) is 12.8 Å². The molecule has 1 heterocycles. The third-order valence-corrected chi connectivity index (χ3v) is 3.61. The van der Waals surface area contributed by atoms with Crippen LogP contribution in [0.2, 0.25) is 5.02 Å². The fraction of sp³-hybridized carbons (Fsp3) is 0.385. The van der Waals surface area contributed by atoms with E-state index < -0.39 is 0 Å². The number of nitrogens with two attached hydrogens (primary N) is 1. The number of hydrogen-bond donors (Lipinski definition) is 1. The van der Waals surface area contributed by atoms with Gasteiger partial charge in [-0.05, 0) is 24.5 Å². The lowest BCUT2D eigenvalue weighted by Gasteiger charge is -2.08. The van der Waals surface area contributed by atoms with E-state index in [1.54, 1.807) is 0 Å². The Morgan fingerprint density at radius 1 is 1.22 bits per heavy atom. The monoisotopic (exact) mass is 262 g/mol. The lowest BCUT2D eigenvalue weighted by molar-refractivity contribution is 0.652. The lowest BCUT2D eigenvalue weighted by Crippen LogP contribution is -2.10. The molecule has 1 fully saturated rings. The van der Waals surface area contributed by atoms with Crippen LogP contribution in [0.5, 0.6) is 0 Å². The number of nitrogens with zero attached hydrogens (tertiary/aromatic N) is 3. The molecule has 94 valence electrons. The molecule has 2 N–H and O–H groups in total. The van der Waals surface area contributed by atoms with Crippen molar-refractivity contribution in [1.29, 1.82) is 0 Å². The van der Waals surface area contributed by atoms with E-state index in [2.05, 4.69) is 14.8 Å². The van der Waals surface area contributed by atoms with Crippen molar-refractivity contribution >= 4 is 11.6 Å². The van der Waals surface area contributed by atoms with Crippen LogP contribution < -0.4 is 5.73 Å². The summed E-state index contributed by atoms with van der Waals surface area (Å²) in [4.78, 5) is 0. The van der Waals surface area contributed by atoms with Gasteiger partial charge in [-0.25, -0.2) is 0 Å². The quantitative estimate of drug-likeness (QED) is 0.920. The minimum absolute atomic E-state index is 0.437. The molecular formula is C13H15ClN4. The maximum atomic E-state index is 6.18. The Bertz CT molecular complexity index is 560. The highest BCUT2D eigenvalue weighted by Gasteiger charge is 2.28. The standard InChI is InChI=1S/C13H15ClN4/c14-11-4-2-1-3-9(11)7-12-16-17-13(8-15)18(12)10-5-6-10/h1-4,10H,5-8,15H2. The average molecular weight is 263 g/mol. The number of rotatable bonds is 4. The van der Waals surface area contributed by atoms with E-state index >= 15 is 0 Å². The van der Waals surface area contributed by atoms with Gasteiger partial charge in [-0.1, -0.05) is 29.8 Å². The van der Waals surface area contributed by atoms with Crippen molar-refractivity contribution in [3.63, 3.8) is 0 Å². The summed E-state index contributed by atoms with van der Waals surface area (Å²) >= 11 is 6.18. The van der Waals surface area contributed by atoms with Gasteiger partial charge in [0.1, 0.15) is 11.6 Å². The summed E-state index contributed by atoms with van der Waals surface area (Å²) in [6.07, 6.45) is 3.10. The highest BCUT2D eigenvalue weighted by atomic mass is 35.5. The molecule has 0 amide bonds. The van der Waals surface area contributed by atoms with Crippen LogP contribution in [0.15, 0.2) is 24.3 Å². The zero-order chi connectivity index (χ0) is 12.5. The first-order chi connectivity index (χ1) is 8.79. The predicted octanol–water partition coefficient (Wildman–Crippen LogP) is 2.32. The zero-order valence-corrected chi connectivity index (χ0v) is 10.8. The van der Waals surface area contributed by atoms with Crippen LogP contribution in [-0.4, -0.2) is 14.8 Å². The predicted molar refractivity (Wildman–Crippen MR) is 70.4 cm³/mol. The van der Waals surface area contributed by atoms with Crippen molar-refractivity contribution in [3.05, 3.63) is 46.5 Å². The van der Waals surface area contributed by atoms with Crippen molar-refractivity contribution < 1.29 is 0 Å². The van der Waals surface area contributed by atoms with Gasteiger partial charge in [-0.15, -0.1) is 10.2 Å². The summed E-state index contributed by atoms with van der Waals surface area (Å²) in [5.41, 5.74) is 6.78. The minimum atomic E-state index is 0.437. The molecule has 2 aromatic rings. The molecule has 0 bridgehead atoms. The topological polar surface area (TPSA) is 56.7 Å². The fourth-order valence-corrected chi connectivity index (χ4v) is 2.39. The fourth-order valence-electron chi connectivity index (χ4n) is 2.19. The Morgan fingerprint density at radius 3 is 2.61 bits per heavy atom. The number of hydrogen-bond acceptors (Lipinski definition) is 3. The zero-order valence-electron chi connectivity index (χ0n) is 10.0. The van der Waals surface area contributed by atoms with Gasteiger partial charge in [0.05, 0.1) is 6.54 Å². The number of halogens is 1. The van der Waals surface area contributed by atoms with Crippen molar-refractivity contribution in [2.45, 2.75) is 31.8 Å². The van der Waals surface area contributed by atoms with Gasteiger partial charge < -0.3 is 10.3 Å². The number of aromatic nitrogens is 3. The molecule has 1 aliphatic carbocycles. The summed E-state index contributed by atoms with van der Waals surface area (Å²) in [5, 5.41) is 9.20. The van der Waals surface area contributed by atoms with Gasteiger partial charge in [-0.2, -0.15) is 0 Å². The van der Waals surface area contributed by atoms with Gasteiger partial charge in [0, 0.05) is 17.5 Å². The molecule has 1 saturated carbocycles. The first-order valence-electron chi connectivity index (χ1n) is 6.15. The second kappa shape index (κ2) is 4.71. The Kier molecular flexibility index (Phi) is 3.06. The Hall–Kier alpha value is -1.39. The molecule has 0 spiro atoms. The summed E-state index contributed by atoms with van der Waals surface area (Å²) in [6.45, 7) is 0.437. The molecule has 1 aromatic carbocycles. The maximum absolute atomic E-state index is 6.18. The van der Waals surface area contributed by atoms with Crippen LogP contribution in [0, 0.1) is 0 Å². The van der Waals surface area contributed by atoms with E-state index in [0.717, 1.165) is 22.2 Å². The first-order valence-corrected chi connectivity index (χ1v) is 6.53. The normalized spacial score (nSPS) is 15.0. The van der Waals surface area contributed by atoms with Crippen LogP contribution in [0.3, 0.4) is 0 Å². The summed E-state index contributed by atoms with van der Waals surface area (Å²) in [7, 11) is 0. The van der Waals surface area contributed by atoms with E-state index in [4.69, 9.17) is 17.3 Å². The molecule has 1 aliphatic rings. The first kappa shape index (κ1) is 11.7. The van der Waals surface area contributed by atoms with Gasteiger partial charge in [-0.3, -0.25) is 0 Å². The smallest absolute Gasteiger partial charge is 0.147 e. The van der Waals surface area contributed by atoms with E-state index in [1.807, 2.05) is 24.3 Å². The third-order valence-electron chi connectivity index (χ3n) is 3.24. The molecule has 1 aromatic heterocycles. The third kappa shape index (κ3) is 2.13. The lowest BCUT2D eigenvalue weighted by atomic mass is 10.1. The van der Waals surface area contributed by atoms with Crippen molar-refractivity contribution in [2.24, 2.45) is 5.73 Å². The molecule has 3 rings (SSSR count). The highest BCUT2D eigenvalue weighted by Crippen LogP contribution is 2.37. The van der Waals surface area contributed by atoms with E-state index in [9.17, 15) is 0 Å². The molecule has 0 unspecified atom stereocenters. The minimum Gasteiger partial charge on any atom is -0.324 e. The summed E-state index contributed by atoms with van der Waals surface area (Å²) in [5.74, 6) is 1.84. The molecule has 18 heavy (non-hydrogen) atoms. The van der Waals surface area contributed by atoms with Gasteiger partial charge >= 0.3 is 0 Å². The molecule has 5 heteroatoms. The molecule has 4 nitrogen and oxygen atoms in total. The maximum Gasteiger partial charge on any atom is 0.147 e. The van der Waals surface area contributed by atoms with Crippen LogP contribution in [0.1, 0.15) is 36.1 Å². The van der Waals surface area contributed by atoms with Crippen LogP contribution in [0.4, 0.5) is 0 Å². The summed E-state index contributed by atoms with van der Waals surface area (Å²) < 4.78 is 2.18. The van der Waals surface area contributed by atoms with E-state index in [-0.39, 0.29) is 0 Å². The van der Waals surface area contributed by atoms with Crippen LogP contribution in [-0.2, 0) is 13.0 Å². The Balaban J connectivity index is 1.93. The Labute approximate surface area is 111 Å². The largest absolute Gasteiger partial charge is 0.324 e. The van der Waals surface area contributed by atoms with Crippen molar-refractivity contribution in [2.75, 3.05) is 0 Å². The van der Waals surface area contributed by atoms with Crippen LogP contribution >= 0.6 is 11.6 Å². The molecule has 0 atom stereocenters. The second-order valence-electron chi connectivity index (χ2n) is 4.61. The Morgan fingerprint density at radius 2 is 1.94 bits per heavy atom. The average Bonchev–Trinajstić information content (AvgIpc) is 3.14. The molecule has 0 radical (unpaired) electrons. The van der Waals surface area contributed by atoms with Crippen molar-refractivity contribution in [3.8, 4) is 0 Å². The van der Waals surface area contributed by atoms with Gasteiger partial charge in [0.2, 0.25) is 0 Å². The summed E-state index contributed by atoms with van der Waals surface area (Å²) in [6, 6.07) is 8.39. The van der Waals surface area contributed by atoms with Gasteiger partial charge in [0.15, 0.2) is 0 Å².